The number of rotatable bonds is 0. The van der Waals surface area contributed by atoms with E-state index in [9.17, 15) is 0 Å². The van der Waals surface area contributed by atoms with Crippen molar-refractivity contribution in [2.75, 3.05) is 0 Å². The van der Waals surface area contributed by atoms with Gasteiger partial charge in [0, 0.05) is 0 Å². The minimum atomic E-state index is 0.303. The van der Waals surface area contributed by atoms with Crippen LogP contribution in [0.15, 0.2) is 36.4 Å². The van der Waals surface area contributed by atoms with Crippen LogP contribution in [-0.2, 0) is 36.5 Å². The third-order valence-electron chi connectivity index (χ3n) is 5.92. The standard InChI is InChI=1S/2C13H18.4C2H6/c1-13(2,3)12-9-5-7-10-6-4-8-11(10)12;1-13(2,3)12-8-7-10-5-4-6-11(10)9-12;4*1-2/h5,7,9H,4,6,8H2,1-3H3;7-9H,4-6H2,1-3H3;4*1-2H3. The maximum absolute atomic E-state index is 2.41. The maximum atomic E-state index is 2.41. The summed E-state index contributed by atoms with van der Waals surface area (Å²) in [6, 6.07) is 13.8. The van der Waals surface area contributed by atoms with Crippen molar-refractivity contribution in [1.82, 2.24) is 0 Å². The lowest BCUT2D eigenvalue weighted by Gasteiger charge is -2.22. The molecule has 0 saturated carbocycles. The molecule has 0 fully saturated rings. The Morgan fingerprint density at radius 1 is 0.500 bits per heavy atom. The average Bonchev–Trinajstić information content (AvgIpc) is 3.52. The molecule has 0 unspecified atom stereocenters. The van der Waals surface area contributed by atoms with Crippen LogP contribution in [-0.4, -0.2) is 0 Å². The van der Waals surface area contributed by atoms with Gasteiger partial charge in [0.1, 0.15) is 0 Å². The lowest BCUT2D eigenvalue weighted by Crippen LogP contribution is -2.13. The van der Waals surface area contributed by atoms with Crippen LogP contribution in [0.2, 0.25) is 0 Å². The molecule has 0 spiro atoms. The summed E-state index contributed by atoms with van der Waals surface area (Å²) in [5.74, 6) is 0. The van der Waals surface area contributed by atoms with Crippen LogP contribution in [0.1, 0.15) is 143 Å². The molecule has 0 radical (unpaired) electrons. The second-order valence-corrected chi connectivity index (χ2v) is 10.1. The minimum Gasteiger partial charge on any atom is -0.0683 e. The second kappa shape index (κ2) is 17.8. The van der Waals surface area contributed by atoms with E-state index in [0.29, 0.717) is 10.8 Å². The Morgan fingerprint density at radius 2 is 1.00 bits per heavy atom. The molecule has 0 atom stereocenters. The number of hydrogen-bond donors (Lipinski definition) is 0. The third kappa shape index (κ3) is 10.8. The molecule has 0 aliphatic heterocycles. The summed E-state index contributed by atoms with van der Waals surface area (Å²) in [4.78, 5) is 0. The van der Waals surface area contributed by atoms with Gasteiger partial charge < -0.3 is 0 Å². The Hall–Kier alpha value is -1.56. The average molecular weight is 469 g/mol. The van der Waals surface area contributed by atoms with Gasteiger partial charge in [-0.1, -0.05) is 133 Å². The molecular formula is C34H60. The number of hydrogen-bond acceptors (Lipinski definition) is 0. The highest BCUT2D eigenvalue weighted by atomic mass is 14.3. The summed E-state index contributed by atoms with van der Waals surface area (Å²) in [6.07, 6.45) is 7.87. The van der Waals surface area contributed by atoms with E-state index in [2.05, 4.69) is 77.9 Å². The molecule has 4 rings (SSSR count). The molecule has 34 heavy (non-hydrogen) atoms. The van der Waals surface area contributed by atoms with E-state index >= 15 is 0 Å². The molecule has 0 heterocycles. The Morgan fingerprint density at radius 3 is 1.53 bits per heavy atom. The fourth-order valence-corrected chi connectivity index (χ4v) is 4.36. The van der Waals surface area contributed by atoms with Crippen LogP contribution in [0, 0.1) is 0 Å². The van der Waals surface area contributed by atoms with E-state index in [1.54, 1.807) is 27.8 Å². The Kier molecular flexibility index (Phi) is 18.1. The highest BCUT2D eigenvalue weighted by Crippen LogP contribution is 2.33. The highest BCUT2D eigenvalue weighted by molar-refractivity contribution is 5.42. The van der Waals surface area contributed by atoms with Crippen LogP contribution in [0.25, 0.3) is 0 Å². The van der Waals surface area contributed by atoms with Gasteiger partial charge >= 0.3 is 0 Å². The second-order valence-electron chi connectivity index (χ2n) is 10.1. The Bertz CT molecular complexity index is 766. The molecule has 0 nitrogen and oxygen atoms in total. The van der Waals surface area contributed by atoms with Crippen molar-refractivity contribution < 1.29 is 0 Å². The molecule has 2 aliphatic rings. The van der Waals surface area contributed by atoms with Gasteiger partial charge in [-0.2, -0.15) is 0 Å². The van der Waals surface area contributed by atoms with Gasteiger partial charge in [-0.05, 0) is 82.7 Å². The molecule has 0 amide bonds. The van der Waals surface area contributed by atoms with Crippen molar-refractivity contribution in [3.8, 4) is 0 Å². The first-order valence-corrected chi connectivity index (χ1v) is 14.4. The van der Waals surface area contributed by atoms with E-state index in [4.69, 9.17) is 0 Å². The summed E-state index contributed by atoms with van der Waals surface area (Å²) in [5.41, 5.74) is 10.0. The first-order chi connectivity index (χ1) is 16.2. The summed E-state index contributed by atoms with van der Waals surface area (Å²) in [6.45, 7) is 29.8. The summed E-state index contributed by atoms with van der Waals surface area (Å²) in [5, 5.41) is 0. The quantitative estimate of drug-likeness (QED) is 0.360. The number of fused-ring (bicyclic) bond motifs is 2. The van der Waals surface area contributed by atoms with Gasteiger partial charge in [0.05, 0.1) is 0 Å². The SMILES string of the molecule is CC.CC.CC.CC.CC(C)(C)c1ccc2c(c1)CCC2.CC(C)(C)c1cccc2c1CCC2. The first kappa shape index (κ1) is 34.6. The summed E-state index contributed by atoms with van der Waals surface area (Å²) < 4.78 is 0. The molecule has 0 bridgehead atoms. The van der Waals surface area contributed by atoms with Crippen LogP contribution in [0.3, 0.4) is 0 Å². The minimum absolute atomic E-state index is 0.303. The monoisotopic (exact) mass is 468 g/mol. The van der Waals surface area contributed by atoms with Gasteiger partial charge in [0.2, 0.25) is 0 Å². The van der Waals surface area contributed by atoms with Crippen LogP contribution >= 0.6 is 0 Å². The largest absolute Gasteiger partial charge is 0.0683 e. The van der Waals surface area contributed by atoms with Crippen LogP contribution in [0.5, 0.6) is 0 Å². The number of aryl methyl sites for hydroxylation is 3. The smallest absolute Gasteiger partial charge is 0.0129 e. The van der Waals surface area contributed by atoms with Crippen molar-refractivity contribution in [2.45, 2.75) is 146 Å². The van der Waals surface area contributed by atoms with Gasteiger partial charge in [-0.25, -0.2) is 0 Å². The summed E-state index contributed by atoms with van der Waals surface area (Å²) in [7, 11) is 0. The fraction of sp³-hybridized carbons (Fsp3) is 0.647. The van der Waals surface area contributed by atoms with E-state index in [0.717, 1.165) is 0 Å². The molecule has 0 N–H and O–H groups in total. The third-order valence-corrected chi connectivity index (χ3v) is 5.92. The van der Waals surface area contributed by atoms with E-state index in [1.807, 2.05) is 55.4 Å². The number of benzene rings is 2. The Balaban J connectivity index is 0. The predicted octanol–water partition coefficient (Wildman–Crippen LogP) is 11.1. The van der Waals surface area contributed by atoms with E-state index in [-0.39, 0.29) is 0 Å². The van der Waals surface area contributed by atoms with Crippen molar-refractivity contribution in [1.29, 1.82) is 0 Å². The first-order valence-electron chi connectivity index (χ1n) is 14.4. The van der Waals surface area contributed by atoms with Gasteiger partial charge in [0.15, 0.2) is 0 Å². The fourth-order valence-electron chi connectivity index (χ4n) is 4.36. The van der Waals surface area contributed by atoms with Gasteiger partial charge in [0.25, 0.3) is 0 Å². The van der Waals surface area contributed by atoms with E-state index in [1.165, 1.54) is 44.1 Å². The van der Waals surface area contributed by atoms with Crippen LogP contribution < -0.4 is 0 Å². The van der Waals surface area contributed by atoms with Gasteiger partial charge in [-0.3, -0.25) is 0 Å². The summed E-state index contributed by atoms with van der Waals surface area (Å²) >= 11 is 0. The van der Waals surface area contributed by atoms with E-state index < -0.39 is 0 Å². The zero-order valence-electron chi connectivity index (χ0n) is 25.7. The highest BCUT2D eigenvalue weighted by Gasteiger charge is 2.22. The predicted molar refractivity (Wildman–Crippen MR) is 160 cm³/mol. The zero-order valence-corrected chi connectivity index (χ0v) is 25.7. The molecule has 0 saturated heterocycles. The lowest BCUT2D eigenvalue weighted by molar-refractivity contribution is 0.583. The van der Waals surface area contributed by atoms with Crippen LogP contribution in [0.4, 0.5) is 0 Å². The van der Waals surface area contributed by atoms with Gasteiger partial charge in [-0.15, -0.1) is 0 Å². The molecule has 2 aromatic rings. The molecule has 196 valence electrons. The molecular weight excluding hydrogens is 408 g/mol. The molecule has 2 aromatic carbocycles. The molecule has 0 aromatic heterocycles. The van der Waals surface area contributed by atoms with Crippen molar-refractivity contribution >= 4 is 0 Å². The normalized spacial score (nSPS) is 12.9. The maximum Gasteiger partial charge on any atom is -0.0129 e. The Labute approximate surface area is 216 Å². The van der Waals surface area contributed by atoms with Crippen molar-refractivity contribution in [3.63, 3.8) is 0 Å². The lowest BCUT2D eigenvalue weighted by atomic mass is 9.83. The molecule has 2 aliphatic carbocycles. The zero-order chi connectivity index (χ0) is 26.9. The van der Waals surface area contributed by atoms with Crippen molar-refractivity contribution in [3.05, 3.63) is 69.8 Å². The van der Waals surface area contributed by atoms with Crippen molar-refractivity contribution in [2.24, 2.45) is 0 Å². The topological polar surface area (TPSA) is 0 Å². The molecule has 0 heteroatoms.